The molecule has 0 heterocycles. The average molecular weight is 327 g/mol. The molecule has 2 aromatic rings. The van der Waals surface area contributed by atoms with E-state index in [0.29, 0.717) is 20.8 Å². The predicted molar refractivity (Wildman–Crippen MR) is 88.6 cm³/mol. The van der Waals surface area contributed by atoms with Crippen molar-refractivity contribution in [2.45, 2.75) is 0 Å². The summed E-state index contributed by atoms with van der Waals surface area (Å²) in [6.45, 7) is 0. The van der Waals surface area contributed by atoms with Crippen LogP contribution in [0.1, 0.15) is 5.56 Å². The second-order valence-electron chi connectivity index (χ2n) is 4.03. The molecular formula is C14H12Cl2N2OS. The van der Waals surface area contributed by atoms with Gasteiger partial charge in [0.25, 0.3) is 0 Å². The van der Waals surface area contributed by atoms with Gasteiger partial charge in [-0.05, 0) is 36.4 Å². The van der Waals surface area contributed by atoms with E-state index >= 15 is 0 Å². The molecule has 0 fully saturated rings. The minimum atomic E-state index is 0.295. The summed E-state index contributed by atoms with van der Waals surface area (Å²) >= 11 is 17.1. The van der Waals surface area contributed by atoms with Crippen LogP contribution in [0.4, 0.5) is 11.4 Å². The lowest BCUT2D eigenvalue weighted by atomic mass is 10.1. The van der Waals surface area contributed by atoms with Crippen LogP contribution in [-0.4, -0.2) is 12.1 Å². The molecule has 0 aliphatic heterocycles. The number of nitrogens with two attached hydrogens (primary N) is 1. The monoisotopic (exact) mass is 326 g/mol. The number of thiocarbonyl (C=S) groups is 1. The van der Waals surface area contributed by atoms with E-state index in [-0.39, 0.29) is 0 Å². The Bertz CT molecular complexity index is 662. The van der Waals surface area contributed by atoms with Gasteiger partial charge in [-0.1, -0.05) is 35.4 Å². The number of benzene rings is 2. The molecule has 6 heteroatoms. The van der Waals surface area contributed by atoms with Crippen LogP contribution in [0.25, 0.3) is 0 Å². The Kier molecular flexibility index (Phi) is 4.70. The van der Waals surface area contributed by atoms with Crippen molar-refractivity contribution in [1.82, 2.24) is 0 Å². The van der Waals surface area contributed by atoms with Crippen LogP contribution in [0, 0.1) is 0 Å². The second kappa shape index (κ2) is 6.31. The van der Waals surface area contributed by atoms with Gasteiger partial charge in [0.1, 0.15) is 10.7 Å². The number of anilines is 2. The standard InChI is InChI=1S/C14H12Cl2N2OS/c1-19-13-5-3-9(7-11(13)16)18-12-6-8(15)2-4-10(12)14(17)20/h2-7,18H,1H3,(H2,17,20). The second-order valence-corrected chi connectivity index (χ2v) is 5.31. The van der Waals surface area contributed by atoms with E-state index in [4.69, 9.17) is 45.9 Å². The van der Waals surface area contributed by atoms with Gasteiger partial charge >= 0.3 is 0 Å². The first-order valence-electron chi connectivity index (χ1n) is 5.71. The zero-order valence-corrected chi connectivity index (χ0v) is 12.9. The molecule has 0 saturated carbocycles. The number of ether oxygens (including phenoxy) is 1. The number of hydrogen-bond donors (Lipinski definition) is 2. The molecule has 2 aromatic carbocycles. The molecule has 3 N–H and O–H groups in total. The van der Waals surface area contributed by atoms with Crippen LogP contribution in [0.3, 0.4) is 0 Å². The van der Waals surface area contributed by atoms with Crippen LogP contribution >= 0.6 is 35.4 Å². The highest BCUT2D eigenvalue weighted by Crippen LogP contribution is 2.30. The van der Waals surface area contributed by atoms with Crippen LogP contribution in [-0.2, 0) is 0 Å². The Balaban J connectivity index is 2.36. The Labute approximate surface area is 132 Å². The summed E-state index contributed by atoms with van der Waals surface area (Å²) in [6, 6.07) is 10.6. The SMILES string of the molecule is COc1ccc(Nc2cc(Cl)ccc2C(N)=S)cc1Cl. The molecule has 104 valence electrons. The average Bonchev–Trinajstić information content (AvgIpc) is 2.38. The molecule has 3 nitrogen and oxygen atoms in total. The summed E-state index contributed by atoms with van der Waals surface area (Å²) in [4.78, 5) is 0.295. The third-order valence-corrected chi connectivity index (χ3v) is 3.43. The fourth-order valence-electron chi connectivity index (χ4n) is 1.73. The van der Waals surface area contributed by atoms with E-state index in [9.17, 15) is 0 Å². The maximum Gasteiger partial charge on any atom is 0.137 e. The third kappa shape index (κ3) is 3.33. The van der Waals surface area contributed by atoms with E-state index in [1.54, 1.807) is 37.4 Å². The third-order valence-electron chi connectivity index (χ3n) is 2.68. The largest absolute Gasteiger partial charge is 0.495 e. The summed E-state index contributed by atoms with van der Waals surface area (Å²) < 4.78 is 5.11. The summed E-state index contributed by atoms with van der Waals surface area (Å²) in [5.41, 5.74) is 7.93. The summed E-state index contributed by atoms with van der Waals surface area (Å²) in [7, 11) is 1.57. The number of rotatable bonds is 4. The highest BCUT2D eigenvalue weighted by atomic mass is 35.5. The van der Waals surface area contributed by atoms with Gasteiger partial charge in [0.15, 0.2) is 0 Å². The normalized spacial score (nSPS) is 10.2. The number of methoxy groups -OCH3 is 1. The number of halogens is 2. The van der Waals surface area contributed by atoms with Crippen LogP contribution in [0.2, 0.25) is 10.0 Å². The van der Waals surface area contributed by atoms with E-state index in [1.165, 1.54) is 0 Å². The van der Waals surface area contributed by atoms with Crippen molar-refractivity contribution in [1.29, 1.82) is 0 Å². The fraction of sp³-hybridized carbons (Fsp3) is 0.0714. The van der Waals surface area contributed by atoms with E-state index < -0.39 is 0 Å². The first-order chi connectivity index (χ1) is 9.51. The minimum absolute atomic E-state index is 0.295. The summed E-state index contributed by atoms with van der Waals surface area (Å²) in [5.74, 6) is 0.609. The van der Waals surface area contributed by atoms with E-state index in [0.717, 1.165) is 16.9 Å². The molecule has 0 atom stereocenters. The highest BCUT2D eigenvalue weighted by Gasteiger charge is 2.08. The van der Waals surface area contributed by atoms with Gasteiger partial charge in [-0.2, -0.15) is 0 Å². The first kappa shape index (κ1) is 14.9. The van der Waals surface area contributed by atoms with Crippen molar-refractivity contribution in [3.05, 3.63) is 52.0 Å². The molecule has 0 bridgehead atoms. The Morgan fingerprint density at radius 3 is 2.55 bits per heavy atom. The zero-order chi connectivity index (χ0) is 14.7. The molecule has 0 unspecified atom stereocenters. The number of hydrogen-bond acceptors (Lipinski definition) is 3. The summed E-state index contributed by atoms with van der Waals surface area (Å²) in [6.07, 6.45) is 0. The lowest BCUT2D eigenvalue weighted by Gasteiger charge is -2.13. The van der Waals surface area contributed by atoms with E-state index in [1.807, 2.05) is 6.07 Å². The molecule has 0 aromatic heterocycles. The van der Waals surface area contributed by atoms with Gasteiger partial charge in [-0.25, -0.2) is 0 Å². The van der Waals surface area contributed by atoms with Gasteiger partial charge in [-0.3, -0.25) is 0 Å². The predicted octanol–water partition coefficient (Wildman–Crippen LogP) is 4.38. The molecule has 20 heavy (non-hydrogen) atoms. The van der Waals surface area contributed by atoms with Gasteiger partial charge < -0.3 is 15.8 Å². The van der Waals surface area contributed by atoms with Crippen LogP contribution < -0.4 is 15.8 Å². The van der Waals surface area contributed by atoms with Gasteiger partial charge in [0.05, 0.1) is 17.8 Å². The maximum absolute atomic E-state index is 6.09. The molecule has 0 spiro atoms. The zero-order valence-electron chi connectivity index (χ0n) is 10.6. The Morgan fingerprint density at radius 1 is 1.20 bits per heavy atom. The van der Waals surface area contributed by atoms with Crippen molar-refractivity contribution in [3.63, 3.8) is 0 Å². The maximum atomic E-state index is 6.09. The van der Waals surface area contributed by atoms with Crippen LogP contribution in [0.15, 0.2) is 36.4 Å². The minimum Gasteiger partial charge on any atom is -0.495 e. The first-order valence-corrected chi connectivity index (χ1v) is 6.87. The highest BCUT2D eigenvalue weighted by molar-refractivity contribution is 7.80. The van der Waals surface area contributed by atoms with Crippen molar-refractivity contribution >= 4 is 51.8 Å². The molecular weight excluding hydrogens is 315 g/mol. The molecule has 0 aliphatic carbocycles. The smallest absolute Gasteiger partial charge is 0.137 e. The quantitative estimate of drug-likeness (QED) is 0.818. The summed E-state index contributed by atoms with van der Waals surface area (Å²) in [5, 5.41) is 4.30. The number of nitrogens with one attached hydrogen (secondary N) is 1. The topological polar surface area (TPSA) is 47.3 Å². The van der Waals surface area contributed by atoms with Gasteiger partial charge in [0.2, 0.25) is 0 Å². The molecule has 2 rings (SSSR count). The molecule has 0 saturated heterocycles. The van der Waals surface area contributed by atoms with E-state index in [2.05, 4.69) is 5.32 Å². The molecule has 0 radical (unpaired) electrons. The Hall–Kier alpha value is -1.49. The van der Waals surface area contributed by atoms with Crippen molar-refractivity contribution in [3.8, 4) is 5.75 Å². The van der Waals surface area contributed by atoms with Crippen LogP contribution in [0.5, 0.6) is 5.75 Å². The lowest BCUT2D eigenvalue weighted by molar-refractivity contribution is 0.415. The van der Waals surface area contributed by atoms with Crippen molar-refractivity contribution in [2.24, 2.45) is 5.73 Å². The molecule has 0 aliphatic rings. The Morgan fingerprint density at radius 2 is 1.95 bits per heavy atom. The fourth-order valence-corrected chi connectivity index (χ4v) is 2.34. The lowest BCUT2D eigenvalue weighted by Crippen LogP contribution is -2.11. The van der Waals surface area contributed by atoms with Gasteiger partial charge in [-0.15, -0.1) is 0 Å². The van der Waals surface area contributed by atoms with Crippen molar-refractivity contribution in [2.75, 3.05) is 12.4 Å². The molecule has 0 amide bonds. The van der Waals surface area contributed by atoms with Crippen molar-refractivity contribution < 1.29 is 4.74 Å². The van der Waals surface area contributed by atoms with Gasteiger partial charge in [0, 0.05) is 16.3 Å².